The van der Waals surface area contributed by atoms with E-state index in [1.807, 2.05) is 13.8 Å². The largest absolute Gasteiger partial charge is 0.488 e. The van der Waals surface area contributed by atoms with Gasteiger partial charge in [-0.3, -0.25) is 4.79 Å². The van der Waals surface area contributed by atoms with Gasteiger partial charge in [0, 0.05) is 12.1 Å². The lowest BCUT2D eigenvalue weighted by Gasteiger charge is -2.13. The molecule has 0 aliphatic carbocycles. The number of nitrogens with two attached hydrogens (primary N) is 1. The Morgan fingerprint density at radius 2 is 1.70 bits per heavy atom. The zero-order valence-corrected chi connectivity index (χ0v) is 16.3. The molecule has 0 saturated carbocycles. The molecule has 0 heterocycles. The lowest BCUT2D eigenvalue weighted by molar-refractivity contribution is -0.137. The number of benzene rings is 1. The molecule has 0 saturated heterocycles. The normalized spacial score (nSPS) is 13.3. The summed E-state index contributed by atoms with van der Waals surface area (Å²) in [7, 11) is -2.08. The molecule has 1 aromatic carbocycles. The van der Waals surface area contributed by atoms with Gasteiger partial charge in [0.1, 0.15) is 0 Å². The van der Waals surface area contributed by atoms with Crippen molar-refractivity contribution in [3.8, 4) is 0 Å². The van der Waals surface area contributed by atoms with Crippen molar-refractivity contribution in [3.05, 3.63) is 29.3 Å². The first-order chi connectivity index (χ1) is 12.5. The maximum absolute atomic E-state index is 12.7. The Bertz CT molecular complexity index is 579. The fourth-order valence-corrected chi connectivity index (χ4v) is 1.78. The molecular formula is C18H30BF3N2O3. The molecule has 0 spiro atoms. The molecule has 2 atom stereocenters. The van der Waals surface area contributed by atoms with E-state index in [1.165, 1.54) is 6.42 Å². The second-order valence-electron chi connectivity index (χ2n) is 6.69. The van der Waals surface area contributed by atoms with Crippen LogP contribution in [-0.2, 0) is 6.18 Å². The molecular weight excluding hydrogens is 360 g/mol. The molecule has 0 radical (unpaired) electrons. The van der Waals surface area contributed by atoms with E-state index in [0.717, 1.165) is 19.0 Å². The Labute approximate surface area is 159 Å². The minimum absolute atomic E-state index is 0.197. The zero-order valence-electron chi connectivity index (χ0n) is 16.3. The van der Waals surface area contributed by atoms with Crippen LogP contribution in [0.5, 0.6) is 0 Å². The van der Waals surface area contributed by atoms with Crippen LogP contribution in [0.1, 0.15) is 56.5 Å². The molecule has 0 bridgehead atoms. The third-order valence-corrected chi connectivity index (χ3v) is 4.25. The first-order valence-corrected chi connectivity index (χ1v) is 9.02. The average Bonchev–Trinajstić information content (AvgIpc) is 2.64. The van der Waals surface area contributed by atoms with E-state index in [-0.39, 0.29) is 16.9 Å². The molecule has 27 heavy (non-hydrogen) atoms. The second kappa shape index (κ2) is 12.0. The molecule has 1 aromatic rings. The number of carbonyl (C=O) groups excluding carboxylic acids is 1. The van der Waals surface area contributed by atoms with Crippen LogP contribution in [0.4, 0.5) is 13.2 Å². The molecule has 0 aliphatic rings. The summed E-state index contributed by atoms with van der Waals surface area (Å²) in [5, 5.41) is 20.6. The highest BCUT2D eigenvalue weighted by atomic mass is 19.4. The van der Waals surface area contributed by atoms with E-state index < -0.39 is 24.8 Å². The van der Waals surface area contributed by atoms with Crippen LogP contribution in [-0.4, -0.2) is 36.2 Å². The van der Waals surface area contributed by atoms with Crippen LogP contribution in [0.25, 0.3) is 0 Å². The van der Waals surface area contributed by atoms with Crippen molar-refractivity contribution in [2.45, 2.75) is 46.7 Å². The highest BCUT2D eigenvalue weighted by molar-refractivity contribution is 6.58. The molecule has 1 amide bonds. The molecule has 154 valence electrons. The highest BCUT2D eigenvalue weighted by Gasteiger charge is 2.32. The van der Waals surface area contributed by atoms with Crippen molar-refractivity contribution in [2.24, 2.45) is 17.6 Å². The highest BCUT2D eigenvalue weighted by Crippen LogP contribution is 2.29. The Morgan fingerprint density at radius 1 is 1.15 bits per heavy atom. The van der Waals surface area contributed by atoms with Gasteiger partial charge < -0.3 is 21.1 Å². The van der Waals surface area contributed by atoms with Gasteiger partial charge in [-0.15, -0.1) is 0 Å². The number of hydrogen-bond acceptors (Lipinski definition) is 4. The van der Waals surface area contributed by atoms with Crippen molar-refractivity contribution in [1.82, 2.24) is 5.32 Å². The number of amides is 1. The van der Waals surface area contributed by atoms with Gasteiger partial charge in [0.15, 0.2) is 0 Å². The van der Waals surface area contributed by atoms with E-state index >= 15 is 0 Å². The molecule has 0 aromatic heterocycles. The van der Waals surface area contributed by atoms with Gasteiger partial charge >= 0.3 is 13.3 Å². The third kappa shape index (κ3) is 9.79. The SMILES string of the molecule is CCC(C)CN.CCC(C)CNC(=O)c1cc(B(O)O)cc(C(F)(F)F)c1. The van der Waals surface area contributed by atoms with Crippen molar-refractivity contribution in [1.29, 1.82) is 0 Å². The predicted molar refractivity (Wildman–Crippen MR) is 102 cm³/mol. The number of hydrogen-bond donors (Lipinski definition) is 4. The monoisotopic (exact) mass is 390 g/mol. The molecule has 1 rings (SSSR count). The van der Waals surface area contributed by atoms with Gasteiger partial charge in [-0.25, -0.2) is 0 Å². The summed E-state index contributed by atoms with van der Waals surface area (Å²) in [4.78, 5) is 11.9. The zero-order chi connectivity index (χ0) is 21.2. The maximum atomic E-state index is 12.7. The molecule has 0 fully saturated rings. The summed E-state index contributed by atoms with van der Waals surface area (Å²) in [6, 6.07) is 2.33. The van der Waals surface area contributed by atoms with Gasteiger partial charge in [0.2, 0.25) is 0 Å². The minimum atomic E-state index is -4.67. The van der Waals surface area contributed by atoms with Crippen LogP contribution in [0.15, 0.2) is 18.2 Å². The summed E-state index contributed by atoms with van der Waals surface area (Å²) in [5.41, 5.74) is 3.56. The molecule has 5 N–H and O–H groups in total. The molecule has 2 unspecified atom stereocenters. The Morgan fingerprint density at radius 3 is 2.07 bits per heavy atom. The number of rotatable bonds is 7. The topological polar surface area (TPSA) is 95.6 Å². The van der Waals surface area contributed by atoms with Crippen LogP contribution in [0.3, 0.4) is 0 Å². The van der Waals surface area contributed by atoms with Crippen LogP contribution >= 0.6 is 0 Å². The minimum Gasteiger partial charge on any atom is -0.423 e. The third-order valence-electron chi connectivity index (χ3n) is 4.25. The summed E-state index contributed by atoms with van der Waals surface area (Å²) in [6.07, 6.45) is -2.64. The number of alkyl halides is 3. The summed E-state index contributed by atoms with van der Waals surface area (Å²) in [5.74, 6) is 0.232. The standard InChI is InChI=1S/C13H17BF3NO3.C5H13N/c1-3-8(2)7-18-12(19)9-4-10(13(15,16)17)6-11(5-9)14(20)21;1-3-5(2)4-6/h4-6,8,20-21H,3,7H2,1-2H3,(H,18,19);5H,3-4,6H2,1-2H3. The first kappa shape index (κ1) is 25.4. The summed E-state index contributed by atoms with van der Waals surface area (Å²) < 4.78 is 38.2. The number of carbonyl (C=O) groups is 1. The quantitative estimate of drug-likeness (QED) is 0.537. The number of nitrogens with one attached hydrogen (secondary N) is 1. The van der Waals surface area contributed by atoms with E-state index in [2.05, 4.69) is 19.2 Å². The fraction of sp³-hybridized carbons (Fsp3) is 0.611. The van der Waals surface area contributed by atoms with Gasteiger partial charge in [-0.05, 0) is 36.0 Å². The van der Waals surface area contributed by atoms with E-state index in [4.69, 9.17) is 15.8 Å². The predicted octanol–water partition coefficient (Wildman–Crippen LogP) is 2.15. The van der Waals surface area contributed by atoms with Crippen LogP contribution < -0.4 is 16.5 Å². The molecule has 9 heteroatoms. The van der Waals surface area contributed by atoms with Crippen molar-refractivity contribution >= 4 is 18.5 Å². The van der Waals surface area contributed by atoms with E-state index in [9.17, 15) is 18.0 Å². The van der Waals surface area contributed by atoms with Gasteiger partial charge in [-0.2, -0.15) is 13.2 Å². The van der Waals surface area contributed by atoms with E-state index in [1.54, 1.807) is 0 Å². The van der Waals surface area contributed by atoms with Gasteiger partial charge in [0.05, 0.1) is 5.56 Å². The summed E-state index contributed by atoms with van der Waals surface area (Å²) >= 11 is 0. The Hall–Kier alpha value is -1.58. The van der Waals surface area contributed by atoms with Crippen molar-refractivity contribution in [3.63, 3.8) is 0 Å². The van der Waals surface area contributed by atoms with Crippen molar-refractivity contribution < 1.29 is 28.0 Å². The summed E-state index contributed by atoms with van der Waals surface area (Å²) in [6.45, 7) is 9.30. The van der Waals surface area contributed by atoms with Crippen LogP contribution in [0.2, 0.25) is 0 Å². The maximum Gasteiger partial charge on any atom is 0.488 e. The van der Waals surface area contributed by atoms with Crippen LogP contribution in [0, 0.1) is 11.8 Å². The van der Waals surface area contributed by atoms with Gasteiger partial charge in [-0.1, -0.05) is 46.6 Å². The molecule has 0 aliphatic heterocycles. The Balaban J connectivity index is 0.000000972. The van der Waals surface area contributed by atoms with Crippen molar-refractivity contribution in [2.75, 3.05) is 13.1 Å². The fourth-order valence-electron chi connectivity index (χ4n) is 1.78. The number of halogens is 3. The average molecular weight is 390 g/mol. The lowest BCUT2D eigenvalue weighted by atomic mass is 9.78. The smallest absolute Gasteiger partial charge is 0.423 e. The first-order valence-electron chi connectivity index (χ1n) is 9.02. The van der Waals surface area contributed by atoms with E-state index in [0.29, 0.717) is 24.6 Å². The second-order valence-corrected chi connectivity index (χ2v) is 6.69. The Kier molecular flexibility index (Phi) is 11.3. The van der Waals surface area contributed by atoms with Gasteiger partial charge in [0.25, 0.3) is 5.91 Å². The lowest BCUT2D eigenvalue weighted by Crippen LogP contribution is -2.34. The molecule has 5 nitrogen and oxygen atoms in total.